The van der Waals surface area contributed by atoms with Crippen LogP contribution in [0, 0.1) is 0 Å². The van der Waals surface area contributed by atoms with Crippen LogP contribution in [0.3, 0.4) is 0 Å². The summed E-state index contributed by atoms with van der Waals surface area (Å²) in [5.41, 5.74) is 4.54. The molecule has 90 valence electrons. The summed E-state index contributed by atoms with van der Waals surface area (Å²) in [5, 5.41) is 9.54. The van der Waals surface area contributed by atoms with Crippen LogP contribution in [0.4, 0.5) is 0 Å². The van der Waals surface area contributed by atoms with Crippen molar-refractivity contribution in [3.8, 4) is 0 Å². The molecular formula is C11H24N2O2. The summed E-state index contributed by atoms with van der Waals surface area (Å²) in [6.07, 6.45) is 3.40. The summed E-state index contributed by atoms with van der Waals surface area (Å²) >= 11 is 0. The zero-order valence-electron chi connectivity index (χ0n) is 10.1. The maximum atomic E-state index is 11.6. The molecule has 0 spiro atoms. The molecule has 0 aromatic heterocycles. The van der Waals surface area contributed by atoms with Gasteiger partial charge in [0, 0.05) is 20.0 Å². The fourth-order valence-corrected chi connectivity index (χ4v) is 1.46. The summed E-state index contributed by atoms with van der Waals surface area (Å²) in [6.45, 7) is 4.47. The van der Waals surface area contributed by atoms with Gasteiger partial charge in [0.1, 0.15) is 0 Å². The molecule has 0 fully saturated rings. The van der Waals surface area contributed by atoms with Crippen LogP contribution in [-0.4, -0.2) is 41.7 Å². The highest BCUT2D eigenvalue weighted by atomic mass is 16.3. The van der Waals surface area contributed by atoms with E-state index in [1.807, 2.05) is 0 Å². The van der Waals surface area contributed by atoms with Crippen LogP contribution < -0.4 is 5.73 Å². The first-order chi connectivity index (χ1) is 6.87. The highest BCUT2D eigenvalue weighted by molar-refractivity contribution is 5.75. The minimum Gasteiger partial charge on any atom is -0.389 e. The number of likely N-dealkylation sites (N-methyl/N-ethyl adjacent to an activating group) is 1. The van der Waals surface area contributed by atoms with E-state index in [-0.39, 0.29) is 5.91 Å². The van der Waals surface area contributed by atoms with Gasteiger partial charge in [0.15, 0.2) is 0 Å². The molecule has 0 aromatic rings. The van der Waals surface area contributed by atoms with E-state index in [0.29, 0.717) is 19.5 Å². The minimum absolute atomic E-state index is 0.0918. The zero-order chi connectivity index (χ0) is 11.9. The minimum atomic E-state index is -0.818. The SMILES string of the molecule is CN(CC(C)(C)O)C(=O)CCCCCN. The van der Waals surface area contributed by atoms with E-state index in [4.69, 9.17) is 5.73 Å². The third-order valence-corrected chi connectivity index (χ3v) is 2.14. The molecule has 0 atom stereocenters. The van der Waals surface area contributed by atoms with Gasteiger partial charge in [-0.15, -0.1) is 0 Å². The van der Waals surface area contributed by atoms with Gasteiger partial charge in [0.25, 0.3) is 0 Å². The molecule has 0 aliphatic heterocycles. The molecule has 0 heterocycles. The molecule has 0 unspecified atom stereocenters. The molecule has 0 bridgehead atoms. The third-order valence-electron chi connectivity index (χ3n) is 2.14. The predicted octanol–water partition coefficient (Wildman–Crippen LogP) is 0.735. The number of unbranched alkanes of at least 4 members (excludes halogenated alkanes) is 2. The lowest BCUT2D eigenvalue weighted by atomic mass is 10.1. The van der Waals surface area contributed by atoms with Gasteiger partial charge in [-0.1, -0.05) is 6.42 Å². The molecule has 1 amide bonds. The van der Waals surface area contributed by atoms with Crippen LogP contribution in [0.2, 0.25) is 0 Å². The van der Waals surface area contributed by atoms with Gasteiger partial charge in [0.05, 0.1) is 5.60 Å². The van der Waals surface area contributed by atoms with Crippen LogP contribution in [-0.2, 0) is 4.79 Å². The van der Waals surface area contributed by atoms with Crippen molar-refractivity contribution >= 4 is 5.91 Å². The second-order valence-electron chi connectivity index (χ2n) is 4.66. The number of amides is 1. The second kappa shape index (κ2) is 6.80. The Kier molecular flexibility index (Phi) is 6.52. The fourth-order valence-electron chi connectivity index (χ4n) is 1.46. The molecule has 0 saturated carbocycles. The first-order valence-electron chi connectivity index (χ1n) is 5.53. The Morgan fingerprint density at radius 3 is 2.40 bits per heavy atom. The lowest BCUT2D eigenvalue weighted by Crippen LogP contribution is -2.39. The Balaban J connectivity index is 3.70. The molecule has 0 aliphatic rings. The first kappa shape index (κ1) is 14.4. The summed E-state index contributed by atoms with van der Waals surface area (Å²) < 4.78 is 0. The number of hydrogen-bond acceptors (Lipinski definition) is 3. The smallest absolute Gasteiger partial charge is 0.222 e. The highest BCUT2D eigenvalue weighted by Gasteiger charge is 2.18. The maximum Gasteiger partial charge on any atom is 0.222 e. The summed E-state index contributed by atoms with van der Waals surface area (Å²) in [4.78, 5) is 13.2. The van der Waals surface area contributed by atoms with E-state index in [9.17, 15) is 9.90 Å². The Labute approximate surface area is 92.4 Å². The lowest BCUT2D eigenvalue weighted by molar-refractivity contribution is -0.132. The third kappa shape index (κ3) is 8.39. The Hall–Kier alpha value is -0.610. The molecule has 4 heteroatoms. The van der Waals surface area contributed by atoms with Crippen LogP contribution in [0.5, 0.6) is 0 Å². The topological polar surface area (TPSA) is 66.6 Å². The number of nitrogens with two attached hydrogens (primary N) is 1. The number of nitrogens with zero attached hydrogens (tertiary/aromatic N) is 1. The summed E-state index contributed by atoms with van der Waals surface area (Å²) in [7, 11) is 1.73. The van der Waals surface area contributed by atoms with Crippen molar-refractivity contribution < 1.29 is 9.90 Å². The van der Waals surface area contributed by atoms with Gasteiger partial charge < -0.3 is 15.7 Å². The molecule has 0 rings (SSSR count). The Bertz CT molecular complexity index is 188. The first-order valence-corrected chi connectivity index (χ1v) is 5.53. The van der Waals surface area contributed by atoms with Crippen molar-refractivity contribution in [1.82, 2.24) is 4.90 Å². The number of aliphatic hydroxyl groups is 1. The molecule has 4 nitrogen and oxygen atoms in total. The van der Waals surface area contributed by atoms with Crippen LogP contribution >= 0.6 is 0 Å². The highest BCUT2D eigenvalue weighted by Crippen LogP contribution is 2.06. The molecule has 0 radical (unpaired) electrons. The van der Waals surface area contributed by atoms with E-state index in [1.165, 1.54) is 0 Å². The Morgan fingerprint density at radius 2 is 1.93 bits per heavy atom. The average Bonchev–Trinajstić information content (AvgIpc) is 2.09. The quantitative estimate of drug-likeness (QED) is 0.617. The number of hydrogen-bond donors (Lipinski definition) is 2. The predicted molar refractivity (Wildman–Crippen MR) is 61.5 cm³/mol. The average molecular weight is 216 g/mol. The molecule has 0 aromatic carbocycles. The second-order valence-corrected chi connectivity index (χ2v) is 4.66. The van der Waals surface area contributed by atoms with Crippen LogP contribution in [0.15, 0.2) is 0 Å². The van der Waals surface area contributed by atoms with Crippen molar-refractivity contribution in [2.24, 2.45) is 5.73 Å². The van der Waals surface area contributed by atoms with Crippen molar-refractivity contribution in [2.45, 2.75) is 45.1 Å². The number of carbonyl (C=O) groups is 1. The van der Waals surface area contributed by atoms with Crippen molar-refractivity contribution in [3.63, 3.8) is 0 Å². The maximum absolute atomic E-state index is 11.6. The standard InChI is InChI=1S/C11H24N2O2/c1-11(2,15)9-13(3)10(14)7-5-4-6-8-12/h15H,4-9,12H2,1-3H3. The Morgan fingerprint density at radius 1 is 1.33 bits per heavy atom. The molecule has 3 N–H and O–H groups in total. The van der Waals surface area contributed by atoms with E-state index in [1.54, 1.807) is 25.8 Å². The number of rotatable bonds is 7. The summed E-state index contributed by atoms with van der Waals surface area (Å²) in [6, 6.07) is 0. The van der Waals surface area contributed by atoms with Crippen LogP contribution in [0.1, 0.15) is 39.5 Å². The van der Waals surface area contributed by atoms with E-state index < -0.39 is 5.60 Å². The van der Waals surface area contributed by atoms with Gasteiger partial charge in [-0.3, -0.25) is 4.79 Å². The molecule has 0 aliphatic carbocycles. The van der Waals surface area contributed by atoms with E-state index in [0.717, 1.165) is 19.3 Å². The van der Waals surface area contributed by atoms with E-state index >= 15 is 0 Å². The van der Waals surface area contributed by atoms with E-state index in [2.05, 4.69) is 0 Å². The molecule has 15 heavy (non-hydrogen) atoms. The molecular weight excluding hydrogens is 192 g/mol. The largest absolute Gasteiger partial charge is 0.389 e. The van der Waals surface area contributed by atoms with Crippen molar-refractivity contribution in [3.05, 3.63) is 0 Å². The van der Waals surface area contributed by atoms with Gasteiger partial charge >= 0.3 is 0 Å². The van der Waals surface area contributed by atoms with Gasteiger partial charge in [-0.05, 0) is 33.2 Å². The van der Waals surface area contributed by atoms with Gasteiger partial charge in [-0.25, -0.2) is 0 Å². The number of carbonyl (C=O) groups excluding carboxylic acids is 1. The molecule has 0 saturated heterocycles. The van der Waals surface area contributed by atoms with Gasteiger partial charge in [-0.2, -0.15) is 0 Å². The van der Waals surface area contributed by atoms with Crippen molar-refractivity contribution in [1.29, 1.82) is 0 Å². The summed E-state index contributed by atoms with van der Waals surface area (Å²) in [5.74, 6) is 0.0918. The van der Waals surface area contributed by atoms with Gasteiger partial charge in [0.2, 0.25) is 5.91 Å². The van der Waals surface area contributed by atoms with Crippen LogP contribution in [0.25, 0.3) is 0 Å². The fraction of sp³-hybridized carbons (Fsp3) is 0.909. The lowest BCUT2D eigenvalue weighted by Gasteiger charge is -2.25. The monoisotopic (exact) mass is 216 g/mol. The normalized spacial score (nSPS) is 11.5. The van der Waals surface area contributed by atoms with Crippen molar-refractivity contribution in [2.75, 3.05) is 20.1 Å². The zero-order valence-corrected chi connectivity index (χ0v) is 10.1.